The Labute approximate surface area is 264 Å². The van der Waals surface area contributed by atoms with Crippen molar-refractivity contribution in [1.82, 2.24) is 0 Å². The summed E-state index contributed by atoms with van der Waals surface area (Å²) in [6.45, 7) is 8.22. The molecule has 4 aliphatic rings. The quantitative estimate of drug-likeness (QED) is 0.268. The minimum atomic E-state index is -2.62. The second kappa shape index (κ2) is 10.7. The highest BCUT2D eigenvalue weighted by atomic mass is 16.3. The molecule has 0 spiro atoms. The van der Waals surface area contributed by atoms with Crippen molar-refractivity contribution < 1.29 is 34.8 Å². The number of aliphatic hydroxyl groups excluding tert-OH is 2. The number of aliphatic hydroxyl groups is 3. The summed E-state index contributed by atoms with van der Waals surface area (Å²) >= 11 is 0. The van der Waals surface area contributed by atoms with Crippen LogP contribution >= 0.6 is 0 Å². The number of carbonyl (C=O) groups is 3. The predicted octanol–water partition coefficient (Wildman–Crippen LogP) is 6.98. The molecule has 2 aromatic rings. The van der Waals surface area contributed by atoms with Gasteiger partial charge < -0.3 is 20.4 Å². The van der Waals surface area contributed by atoms with Gasteiger partial charge in [-0.15, -0.1) is 0 Å². The number of fused-ring (bicyclic) bond motifs is 3. The molecule has 4 aliphatic carbocycles. The van der Waals surface area contributed by atoms with E-state index in [0.29, 0.717) is 23.5 Å². The van der Waals surface area contributed by atoms with E-state index in [9.17, 15) is 34.8 Å². The summed E-state index contributed by atoms with van der Waals surface area (Å²) in [7, 11) is 0. The maximum atomic E-state index is 14.7. The first-order valence-electron chi connectivity index (χ1n) is 16.3. The van der Waals surface area contributed by atoms with Crippen molar-refractivity contribution in [2.24, 2.45) is 28.6 Å². The first-order chi connectivity index (χ1) is 21.2. The third-order valence-electron chi connectivity index (χ3n) is 11.4. The number of ketones is 3. The molecule has 0 saturated heterocycles. The number of allylic oxidation sites excluding steroid dienone is 1. The SMILES string of the molecule is CC(=O)C1=C(O)[C@]2(O)C(=O)C3=C(O)c4c(O)c(CC5CCCCC5)cc(-c5ccccc5)c4C[C@]3(C)C[C@]2(C)C(C(C)C)C1=O. The Hall–Kier alpha value is -3.71. The van der Waals surface area contributed by atoms with Gasteiger partial charge in [-0.3, -0.25) is 14.4 Å². The Bertz CT molecular complexity index is 1680. The Morgan fingerprint density at radius 1 is 1.00 bits per heavy atom. The summed E-state index contributed by atoms with van der Waals surface area (Å²) < 4.78 is 0. The highest BCUT2D eigenvalue weighted by molar-refractivity contribution is 6.24. The maximum Gasteiger partial charge on any atom is 0.203 e. The third-order valence-corrected chi connectivity index (χ3v) is 11.4. The van der Waals surface area contributed by atoms with Crippen LogP contribution in [0.4, 0.5) is 0 Å². The average molecular weight is 613 g/mol. The Kier molecular flexibility index (Phi) is 7.43. The van der Waals surface area contributed by atoms with Crippen LogP contribution in [0.5, 0.6) is 5.75 Å². The lowest BCUT2D eigenvalue weighted by Gasteiger charge is -2.59. The smallest absolute Gasteiger partial charge is 0.203 e. The fourth-order valence-electron chi connectivity index (χ4n) is 9.57. The summed E-state index contributed by atoms with van der Waals surface area (Å²) in [6.07, 6.45) is 6.57. The molecular weight excluding hydrogens is 568 g/mol. The lowest BCUT2D eigenvalue weighted by molar-refractivity contribution is -0.178. The van der Waals surface area contributed by atoms with Crippen LogP contribution in [-0.2, 0) is 27.2 Å². The van der Waals surface area contributed by atoms with Crippen LogP contribution in [0.1, 0.15) is 89.8 Å². The molecule has 2 saturated carbocycles. The molecule has 0 aromatic heterocycles. The largest absolute Gasteiger partial charge is 0.508 e. The third kappa shape index (κ3) is 4.37. The standard InChI is InChI=1S/C38H44O7/c1-20(2)29-32(41)27(21(3)39)34(43)38(45)35(44)30-33(42)28-26(18-36(30,4)19-37(29,38)5)25(23-14-10-7-11-15-23)17-24(31(28)40)16-22-12-8-6-9-13-22/h7,10-11,14-15,17,20,22,29,40,42-43,45H,6,8-9,12-13,16,18-19H2,1-5H3/t29?,36-,37-,38+/m1/s1. The summed E-state index contributed by atoms with van der Waals surface area (Å²) in [4.78, 5) is 41.1. The molecule has 0 amide bonds. The number of hydrogen-bond acceptors (Lipinski definition) is 7. The molecule has 238 valence electrons. The van der Waals surface area contributed by atoms with Crippen LogP contribution in [0, 0.1) is 28.6 Å². The molecular formula is C38H44O7. The zero-order valence-corrected chi connectivity index (χ0v) is 26.9. The molecule has 0 radical (unpaired) electrons. The number of phenols is 1. The summed E-state index contributed by atoms with van der Waals surface area (Å²) in [5.41, 5.74) is -2.45. The van der Waals surface area contributed by atoms with E-state index in [2.05, 4.69) is 0 Å². The maximum absolute atomic E-state index is 14.7. The molecule has 0 aliphatic heterocycles. The van der Waals surface area contributed by atoms with E-state index in [1.807, 2.05) is 43.3 Å². The van der Waals surface area contributed by atoms with Crippen molar-refractivity contribution in [1.29, 1.82) is 0 Å². The highest BCUT2D eigenvalue weighted by Crippen LogP contribution is 2.65. The summed E-state index contributed by atoms with van der Waals surface area (Å²) in [6, 6.07) is 11.8. The molecule has 0 bridgehead atoms. The van der Waals surface area contributed by atoms with E-state index in [4.69, 9.17) is 0 Å². The van der Waals surface area contributed by atoms with Gasteiger partial charge in [0.15, 0.2) is 17.2 Å². The van der Waals surface area contributed by atoms with Gasteiger partial charge in [0.05, 0.1) is 5.56 Å². The second-order valence-electron chi connectivity index (χ2n) is 14.8. The van der Waals surface area contributed by atoms with E-state index in [1.165, 1.54) is 6.42 Å². The normalized spacial score (nSPS) is 30.3. The molecule has 2 fully saturated rings. The highest BCUT2D eigenvalue weighted by Gasteiger charge is 2.72. The zero-order chi connectivity index (χ0) is 32.6. The molecule has 7 nitrogen and oxygen atoms in total. The first kappa shape index (κ1) is 31.3. The monoisotopic (exact) mass is 612 g/mol. The van der Waals surface area contributed by atoms with Crippen molar-refractivity contribution in [3.8, 4) is 16.9 Å². The van der Waals surface area contributed by atoms with E-state index < -0.39 is 56.8 Å². The van der Waals surface area contributed by atoms with Crippen LogP contribution in [0.25, 0.3) is 16.9 Å². The van der Waals surface area contributed by atoms with Crippen LogP contribution < -0.4 is 0 Å². The van der Waals surface area contributed by atoms with Gasteiger partial charge in [-0.25, -0.2) is 0 Å². The molecule has 4 N–H and O–H groups in total. The van der Waals surface area contributed by atoms with Gasteiger partial charge in [-0.2, -0.15) is 0 Å². The van der Waals surface area contributed by atoms with Crippen LogP contribution in [0.3, 0.4) is 0 Å². The van der Waals surface area contributed by atoms with Crippen molar-refractivity contribution in [3.05, 3.63) is 70.0 Å². The first-order valence-corrected chi connectivity index (χ1v) is 16.3. The van der Waals surface area contributed by atoms with Crippen molar-refractivity contribution in [2.75, 3.05) is 0 Å². The van der Waals surface area contributed by atoms with Gasteiger partial charge in [0.2, 0.25) is 5.78 Å². The van der Waals surface area contributed by atoms with Crippen LogP contribution in [0.2, 0.25) is 0 Å². The molecule has 7 heteroatoms. The lowest BCUT2D eigenvalue weighted by Crippen LogP contribution is -2.69. The van der Waals surface area contributed by atoms with E-state index >= 15 is 0 Å². The topological polar surface area (TPSA) is 132 Å². The van der Waals surface area contributed by atoms with Gasteiger partial charge in [-0.05, 0) is 66.3 Å². The molecule has 1 unspecified atom stereocenters. The van der Waals surface area contributed by atoms with E-state index in [1.54, 1.807) is 20.8 Å². The Balaban J connectivity index is 1.62. The fraction of sp³-hybridized carbons (Fsp3) is 0.500. The van der Waals surface area contributed by atoms with Crippen molar-refractivity contribution in [2.45, 2.75) is 91.6 Å². The number of benzene rings is 2. The van der Waals surface area contributed by atoms with Crippen molar-refractivity contribution in [3.63, 3.8) is 0 Å². The Morgan fingerprint density at radius 3 is 2.24 bits per heavy atom. The number of rotatable bonds is 5. The number of hydrogen-bond donors (Lipinski definition) is 4. The average Bonchev–Trinajstić information content (AvgIpc) is 2.97. The number of carbonyl (C=O) groups excluding carboxylic acids is 3. The van der Waals surface area contributed by atoms with E-state index in [0.717, 1.165) is 43.7 Å². The van der Waals surface area contributed by atoms with Gasteiger partial charge >= 0.3 is 0 Å². The van der Waals surface area contributed by atoms with Gasteiger partial charge in [0, 0.05) is 22.3 Å². The fourth-order valence-corrected chi connectivity index (χ4v) is 9.57. The lowest BCUT2D eigenvalue weighted by atomic mass is 9.43. The van der Waals surface area contributed by atoms with Crippen LogP contribution in [0.15, 0.2) is 53.3 Å². The summed E-state index contributed by atoms with van der Waals surface area (Å²) in [5.74, 6) is -4.60. The molecule has 6 rings (SSSR count). The van der Waals surface area contributed by atoms with Crippen LogP contribution in [-0.4, -0.2) is 43.4 Å². The number of Topliss-reactive ketones (excluding diaryl/α,β-unsaturated/α-hetero) is 3. The second-order valence-corrected chi connectivity index (χ2v) is 14.8. The van der Waals surface area contributed by atoms with E-state index in [-0.39, 0.29) is 35.6 Å². The molecule has 4 atom stereocenters. The van der Waals surface area contributed by atoms with Gasteiger partial charge in [0.25, 0.3) is 0 Å². The molecule has 45 heavy (non-hydrogen) atoms. The van der Waals surface area contributed by atoms with Gasteiger partial charge in [0.1, 0.15) is 22.8 Å². The van der Waals surface area contributed by atoms with Crippen molar-refractivity contribution >= 4 is 23.1 Å². The van der Waals surface area contributed by atoms with Gasteiger partial charge in [-0.1, -0.05) is 90.1 Å². The molecule has 0 heterocycles. The predicted molar refractivity (Wildman–Crippen MR) is 172 cm³/mol. The summed E-state index contributed by atoms with van der Waals surface area (Å²) in [5, 5.41) is 47.7. The zero-order valence-electron chi connectivity index (χ0n) is 26.9. The number of phenolic OH excluding ortho intramolecular Hbond substituents is 1. The minimum Gasteiger partial charge on any atom is -0.508 e. The Morgan fingerprint density at radius 2 is 1.64 bits per heavy atom. The minimum absolute atomic E-state index is 0.0708. The molecule has 2 aromatic carbocycles. The number of aromatic hydroxyl groups is 1.